The predicted octanol–water partition coefficient (Wildman–Crippen LogP) is 4.04. The Hall–Kier alpha value is -1.11. The molecule has 0 bridgehead atoms. The molecule has 0 aromatic heterocycles. The fourth-order valence-electron chi connectivity index (χ4n) is 2.12. The highest BCUT2D eigenvalue weighted by Crippen LogP contribution is 2.39. The van der Waals surface area contributed by atoms with Crippen LogP contribution in [0.4, 0.5) is 0 Å². The standard InChI is InChI=1S/C15H22O/c1-12(14-8-6-5-7-9-14)13(2)15(3,4)10-11-16/h5-9,11-13H,10H2,1-4H3/t12-,13+/m1/s1. The number of carbonyl (C=O) groups excluding carboxylic acids is 1. The minimum Gasteiger partial charge on any atom is -0.303 e. The monoisotopic (exact) mass is 218 g/mol. The largest absolute Gasteiger partial charge is 0.303 e. The average Bonchev–Trinajstić information content (AvgIpc) is 2.28. The van der Waals surface area contributed by atoms with Crippen LogP contribution in [0.2, 0.25) is 0 Å². The van der Waals surface area contributed by atoms with Crippen molar-refractivity contribution >= 4 is 6.29 Å². The molecule has 0 spiro atoms. The van der Waals surface area contributed by atoms with E-state index < -0.39 is 0 Å². The summed E-state index contributed by atoms with van der Waals surface area (Å²) in [5.41, 5.74) is 1.42. The Morgan fingerprint density at radius 3 is 2.25 bits per heavy atom. The van der Waals surface area contributed by atoms with Gasteiger partial charge in [0, 0.05) is 6.42 Å². The first kappa shape index (κ1) is 13.0. The molecule has 1 nitrogen and oxygen atoms in total. The van der Waals surface area contributed by atoms with E-state index in [0.717, 1.165) is 6.29 Å². The van der Waals surface area contributed by atoms with Crippen LogP contribution in [0.3, 0.4) is 0 Å². The van der Waals surface area contributed by atoms with E-state index in [1.807, 2.05) is 6.07 Å². The number of hydrogen-bond donors (Lipinski definition) is 0. The Bertz CT molecular complexity index is 327. The van der Waals surface area contributed by atoms with Gasteiger partial charge in [-0.2, -0.15) is 0 Å². The van der Waals surface area contributed by atoms with Gasteiger partial charge in [-0.1, -0.05) is 58.0 Å². The lowest BCUT2D eigenvalue weighted by Crippen LogP contribution is -2.26. The van der Waals surface area contributed by atoms with Crippen molar-refractivity contribution < 1.29 is 4.79 Å². The van der Waals surface area contributed by atoms with Crippen LogP contribution in [0.1, 0.15) is 45.6 Å². The van der Waals surface area contributed by atoms with Gasteiger partial charge >= 0.3 is 0 Å². The van der Waals surface area contributed by atoms with E-state index in [2.05, 4.69) is 52.0 Å². The summed E-state index contributed by atoms with van der Waals surface area (Å²) in [6.45, 7) is 8.82. The van der Waals surface area contributed by atoms with Gasteiger partial charge < -0.3 is 4.79 Å². The Labute approximate surface area is 98.9 Å². The molecule has 0 aliphatic rings. The number of carbonyl (C=O) groups is 1. The second-order valence-corrected chi connectivity index (χ2v) is 5.35. The van der Waals surface area contributed by atoms with Crippen LogP contribution in [0.5, 0.6) is 0 Å². The Morgan fingerprint density at radius 2 is 1.75 bits per heavy atom. The zero-order valence-electron chi connectivity index (χ0n) is 10.7. The maximum absolute atomic E-state index is 10.7. The summed E-state index contributed by atoms with van der Waals surface area (Å²) in [4.78, 5) is 10.7. The van der Waals surface area contributed by atoms with E-state index in [9.17, 15) is 4.79 Å². The molecule has 88 valence electrons. The minimum atomic E-state index is 0.0665. The summed E-state index contributed by atoms with van der Waals surface area (Å²) in [6, 6.07) is 10.5. The minimum absolute atomic E-state index is 0.0665. The van der Waals surface area contributed by atoms with Gasteiger partial charge in [-0.15, -0.1) is 0 Å². The van der Waals surface area contributed by atoms with E-state index in [1.54, 1.807) is 0 Å². The topological polar surface area (TPSA) is 17.1 Å². The maximum Gasteiger partial charge on any atom is 0.120 e. The first-order valence-corrected chi connectivity index (χ1v) is 5.97. The van der Waals surface area contributed by atoms with Crippen LogP contribution in [-0.4, -0.2) is 6.29 Å². The van der Waals surface area contributed by atoms with Crippen molar-refractivity contribution in [2.24, 2.45) is 11.3 Å². The molecule has 2 atom stereocenters. The molecule has 0 saturated heterocycles. The summed E-state index contributed by atoms with van der Waals surface area (Å²) < 4.78 is 0. The molecule has 0 aliphatic carbocycles. The van der Waals surface area contributed by atoms with Gasteiger partial charge in [-0.3, -0.25) is 0 Å². The molecular weight excluding hydrogens is 196 g/mol. The van der Waals surface area contributed by atoms with Gasteiger partial charge in [-0.25, -0.2) is 0 Å². The van der Waals surface area contributed by atoms with E-state index in [1.165, 1.54) is 5.56 Å². The molecule has 0 aliphatic heterocycles. The first-order valence-electron chi connectivity index (χ1n) is 5.97. The molecule has 1 heteroatoms. The molecule has 0 N–H and O–H groups in total. The van der Waals surface area contributed by atoms with Crippen molar-refractivity contribution in [3.8, 4) is 0 Å². The van der Waals surface area contributed by atoms with Gasteiger partial charge in [0.05, 0.1) is 0 Å². The van der Waals surface area contributed by atoms with Crippen molar-refractivity contribution in [2.75, 3.05) is 0 Å². The summed E-state index contributed by atoms with van der Waals surface area (Å²) in [7, 11) is 0. The molecule has 1 rings (SSSR count). The van der Waals surface area contributed by atoms with E-state index >= 15 is 0 Å². The van der Waals surface area contributed by atoms with Gasteiger partial charge in [0.2, 0.25) is 0 Å². The highest BCUT2D eigenvalue weighted by molar-refractivity contribution is 5.50. The quantitative estimate of drug-likeness (QED) is 0.682. The van der Waals surface area contributed by atoms with Crippen LogP contribution in [0, 0.1) is 11.3 Å². The number of benzene rings is 1. The van der Waals surface area contributed by atoms with Crippen LogP contribution in [0.25, 0.3) is 0 Å². The number of rotatable bonds is 5. The fourth-order valence-corrected chi connectivity index (χ4v) is 2.12. The molecule has 0 saturated carbocycles. The van der Waals surface area contributed by atoms with Crippen LogP contribution in [-0.2, 0) is 4.79 Å². The molecule has 1 aromatic carbocycles. The van der Waals surface area contributed by atoms with Crippen LogP contribution < -0.4 is 0 Å². The third-order valence-corrected chi connectivity index (χ3v) is 3.92. The second-order valence-electron chi connectivity index (χ2n) is 5.35. The average molecular weight is 218 g/mol. The fraction of sp³-hybridized carbons (Fsp3) is 0.533. The molecule has 0 amide bonds. The highest BCUT2D eigenvalue weighted by atomic mass is 16.1. The Morgan fingerprint density at radius 1 is 1.19 bits per heavy atom. The van der Waals surface area contributed by atoms with Crippen molar-refractivity contribution in [3.63, 3.8) is 0 Å². The Kier molecular flexibility index (Phi) is 4.28. The van der Waals surface area contributed by atoms with Crippen molar-refractivity contribution in [1.82, 2.24) is 0 Å². The van der Waals surface area contributed by atoms with Crippen LogP contribution in [0.15, 0.2) is 30.3 Å². The van der Waals surface area contributed by atoms with Crippen molar-refractivity contribution in [1.29, 1.82) is 0 Å². The molecular formula is C15H22O. The lowest BCUT2D eigenvalue weighted by atomic mass is 9.70. The third kappa shape index (κ3) is 2.94. The number of aldehydes is 1. The third-order valence-electron chi connectivity index (χ3n) is 3.92. The zero-order valence-corrected chi connectivity index (χ0v) is 10.7. The first-order chi connectivity index (χ1) is 7.49. The van der Waals surface area contributed by atoms with Gasteiger partial charge in [0.15, 0.2) is 0 Å². The van der Waals surface area contributed by atoms with Crippen LogP contribution >= 0.6 is 0 Å². The molecule has 0 fully saturated rings. The lowest BCUT2D eigenvalue weighted by Gasteiger charge is -2.34. The second kappa shape index (κ2) is 5.29. The smallest absolute Gasteiger partial charge is 0.120 e. The normalized spacial score (nSPS) is 15.5. The molecule has 1 aromatic rings. The van der Waals surface area contributed by atoms with E-state index in [-0.39, 0.29) is 5.41 Å². The Balaban J connectivity index is 2.82. The zero-order chi connectivity index (χ0) is 12.2. The summed E-state index contributed by atoms with van der Waals surface area (Å²) in [6.07, 6.45) is 1.67. The highest BCUT2D eigenvalue weighted by Gasteiger charge is 2.30. The summed E-state index contributed by atoms with van der Waals surface area (Å²) >= 11 is 0. The predicted molar refractivity (Wildman–Crippen MR) is 68.5 cm³/mol. The molecule has 0 unspecified atom stereocenters. The van der Waals surface area contributed by atoms with Gasteiger partial charge in [-0.05, 0) is 22.8 Å². The number of hydrogen-bond acceptors (Lipinski definition) is 1. The van der Waals surface area contributed by atoms with E-state index in [0.29, 0.717) is 18.3 Å². The van der Waals surface area contributed by atoms with Crippen molar-refractivity contribution in [2.45, 2.75) is 40.0 Å². The maximum atomic E-state index is 10.7. The van der Waals surface area contributed by atoms with E-state index in [4.69, 9.17) is 0 Å². The molecule has 0 heterocycles. The summed E-state index contributed by atoms with van der Waals surface area (Å²) in [5, 5.41) is 0. The van der Waals surface area contributed by atoms with Gasteiger partial charge in [0.25, 0.3) is 0 Å². The lowest BCUT2D eigenvalue weighted by molar-refractivity contribution is -0.110. The summed E-state index contributed by atoms with van der Waals surface area (Å²) in [5.74, 6) is 0.969. The molecule has 0 radical (unpaired) electrons. The molecule has 16 heavy (non-hydrogen) atoms. The van der Waals surface area contributed by atoms with Gasteiger partial charge in [0.1, 0.15) is 6.29 Å². The van der Waals surface area contributed by atoms with Crippen molar-refractivity contribution in [3.05, 3.63) is 35.9 Å². The SMILES string of the molecule is C[C@@H](c1ccccc1)[C@H](C)C(C)(C)CC=O.